The summed E-state index contributed by atoms with van der Waals surface area (Å²) in [4.78, 5) is 7.67. The molecule has 0 saturated carbocycles. The Kier molecular flexibility index (Phi) is 7.58. The van der Waals surface area contributed by atoms with E-state index >= 15 is 0 Å². The van der Waals surface area contributed by atoms with Gasteiger partial charge in [0.1, 0.15) is 0 Å². The molecule has 0 unspecified atom stereocenters. The lowest BCUT2D eigenvalue weighted by atomic mass is 10.1. The van der Waals surface area contributed by atoms with Gasteiger partial charge in [-0.25, -0.2) is 0 Å². The summed E-state index contributed by atoms with van der Waals surface area (Å²) in [5, 5.41) is 8.08. The van der Waals surface area contributed by atoms with E-state index in [2.05, 4.69) is 75.3 Å². The smallest absolute Gasteiger partial charge is 0.191 e. The molecule has 1 fully saturated rings. The molecule has 1 aliphatic rings. The molecule has 31 heavy (non-hydrogen) atoms. The molecule has 3 N–H and O–H groups in total. The normalized spacial score (nSPS) is 15.3. The van der Waals surface area contributed by atoms with Crippen LogP contribution in [0.25, 0.3) is 10.9 Å². The van der Waals surface area contributed by atoms with Crippen LogP contribution < -0.4 is 10.6 Å². The van der Waals surface area contributed by atoms with E-state index in [1.807, 2.05) is 0 Å². The third-order valence-corrected chi connectivity index (χ3v) is 5.72. The Labute approximate surface area is 184 Å². The summed E-state index contributed by atoms with van der Waals surface area (Å²) in [5.74, 6) is 0.812. The van der Waals surface area contributed by atoms with Gasteiger partial charge in [-0.15, -0.1) is 0 Å². The van der Waals surface area contributed by atoms with Crippen molar-refractivity contribution in [2.45, 2.75) is 38.5 Å². The van der Waals surface area contributed by atoms with Gasteiger partial charge >= 0.3 is 0 Å². The number of nitrogens with zero attached hydrogens (tertiary/aromatic N) is 1. The standard InChI is InChI=1S/C25H32N4O2/c1-26-25(27-13-10-21-17-28-24-5-3-2-4-23(21)24)29-16-19-6-8-20(9-7-19)18-31-22-11-14-30-15-12-22/h2-9,17,22,28H,10-16,18H2,1H3,(H2,26,27,29). The molecule has 4 rings (SSSR count). The van der Waals surface area contributed by atoms with Crippen molar-refractivity contribution >= 4 is 16.9 Å². The minimum Gasteiger partial charge on any atom is -0.381 e. The van der Waals surface area contributed by atoms with Crippen LogP contribution in [0.5, 0.6) is 0 Å². The fourth-order valence-corrected chi connectivity index (χ4v) is 3.87. The number of aromatic amines is 1. The Morgan fingerprint density at radius 2 is 1.84 bits per heavy atom. The van der Waals surface area contributed by atoms with Crippen molar-refractivity contribution in [1.29, 1.82) is 0 Å². The summed E-state index contributed by atoms with van der Waals surface area (Å²) in [6.45, 7) is 3.84. The molecular weight excluding hydrogens is 388 g/mol. The molecule has 1 aliphatic heterocycles. The first-order chi connectivity index (χ1) is 15.3. The molecule has 0 amide bonds. The van der Waals surface area contributed by atoms with Crippen LogP contribution in [0, 0.1) is 0 Å². The molecule has 164 valence electrons. The maximum atomic E-state index is 6.00. The zero-order valence-corrected chi connectivity index (χ0v) is 18.2. The molecule has 1 saturated heterocycles. The van der Waals surface area contributed by atoms with Gasteiger partial charge in [0.05, 0.1) is 12.7 Å². The first-order valence-corrected chi connectivity index (χ1v) is 11.1. The average molecular weight is 421 g/mol. The van der Waals surface area contributed by atoms with Gasteiger partial charge in [0, 0.05) is 50.5 Å². The Morgan fingerprint density at radius 3 is 2.65 bits per heavy atom. The number of guanidine groups is 1. The number of aromatic nitrogens is 1. The van der Waals surface area contributed by atoms with Gasteiger partial charge < -0.3 is 25.1 Å². The molecule has 2 aromatic carbocycles. The quantitative estimate of drug-likeness (QED) is 0.383. The van der Waals surface area contributed by atoms with E-state index in [0.29, 0.717) is 12.7 Å². The van der Waals surface area contributed by atoms with E-state index in [-0.39, 0.29) is 0 Å². The third kappa shape index (κ3) is 6.09. The van der Waals surface area contributed by atoms with Crippen LogP contribution in [0.1, 0.15) is 29.5 Å². The first kappa shape index (κ1) is 21.4. The second kappa shape index (κ2) is 11.0. The van der Waals surface area contributed by atoms with Crippen LogP contribution in [-0.2, 0) is 29.0 Å². The van der Waals surface area contributed by atoms with E-state index in [9.17, 15) is 0 Å². The Bertz CT molecular complexity index is 975. The van der Waals surface area contributed by atoms with Gasteiger partial charge in [-0.2, -0.15) is 0 Å². The summed E-state index contributed by atoms with van der Waals surface area (Å²) >= 11 is 0. The Hall–Kier alpha value is -2.83. The fourth-order valence-electron chi connectivity index (χ4n) is 3.87. The third-order valence-electron chi connectivity index (χ3n) is 5.72. The first-order valence-electron chi connectivity index (χ1n) is 11.1. The van der Waals surface area contributed by atoms with Crippen molar-refractivity contribution in [1.82, 2.24) is 15.6 Å². The highest BCUT2D eigenvalue weighted by molar-refractivity contribution is 5.83. The van der Waals surface area contributed by atoms with Crippen LogP contribution in [0.15, 0.2) is 59.7 Å². The Morgan fingerprint density at radius 1 is 1.06 bits per heavy atom. The van der Waals surface area contributed by atoms with Crippen LogP contribution in [0.4, 0.5) is 0 Å². The fraction of sp³-hybridized carbons (Fsp3) is 0.400. The van der Waals surface area contributed by atoms with E-state index in [4.69, 9.17) is 9.47 Å². The molecule has 6 nitrogen and oxygen atoms in total. The number of rotatable bonds is 8. The lowest BCUT2D eigenvalue weighted by molar-refractivity contribution is -0.0390. The summed E-state index contributed by atoms with van der Waals surface area (Å²) < 4.78 is 11.4. The summed E-state index contributed by atoms with van der Waals surface area (Å²) in [6.07, 6.45) is 5.35. The van der Waals surface area contributed by atoms with Crippen molar-refractivity contribution < 1.29 is 9.47 Å². The molecule has 0 radical (unpaired) electrons. The van der Waals surface area contributed by atoms with Crippen molar-refractivity contribution in [3.63, 3.8) is 0 Å². The van der Waals surface area contributed by atoms with E-state index in [0.717, 1.165) is 51.5 Å². The van der Waals surface area contributed by atoms with Gasteiger partial charge in [0.25, 0.3) is 0 Å². The lowest BCUT2D eigenvalue weighted by Crippen LogP contribution is -2.37. The van der Waals surface area contributed by atoms with Gasteiger partial charge in [-0.05, 0) is 42.0 Å². The van der Waals surface area contributed by atoms with Crippen molar-refractivity contribution in [2.24, 2.45) is 4.99 Å². The summed E-state index contributed by atoms with van der Waals surface area (Å²) in [7, 11) is 1.80. The molecule has 0 atom stereocenters. The van der Waals surface area contributed by atoms with Crippen molar-refractivity contribution in [3.8, 4) is 0 Å². The molecule has 1 aromatic heterocycles. The lowest BCUT2D eigenvalue weighted by Gasteiger charge is -2.22. The number of benzene rings is 2. The molecular formula is C25H32N4O2. The maximum absolute atomic E-state index is 6.00. The summed E-state index contributed by atoms with van der Waals surface area (Å²) in [6, 6.07) is 17.0. The SMILES string of the molecule is CN=C(NCCc1c[nH]c2ccccc12)NCc1ccc(COC2CCOCC2)cc1. The number of para-hydroxylation sites is 1. The molecule has 6 heteroatoms. The highest BCUT2D eigenvalue weighted by Gasteiger charge is 2.13. The predicted molar refractivity (Wildman–Crippen MR) is 125 cm³/mol. The Balaban J connectivity index is 1.19. The molecule has 0 spiro atoms. The number of hydrogen-bond donors (Lipinski definition) is 3. The highest BCUT2D eigenvalue weighted by atomic mass is 16.5. The number of H-pyrrole nitrogens is 1. The molecule has 0 bridgehead atoms. The number of aliphatic imine (C=N–C) groups is 1. The largest absolute Gasteiger partial charge is 0.381 e. The maximum Gasteiger partial charge on any atom is 0.191 e. The van der Waals surface area contributed by atoms with Gasteiger partial charge in [0.2, 0.25) is 0 Å². The van der Waals surface area contributed by atoms with Crippen LogP contribution in [0.2, 0.25) is 0 Å². The monoisotopic (exact) mass is 420 g/mol. The van der Waals surface area contributed by atoms with Crippen molar-refractivity contribution in [3.05, 3.63) is 71.4 Å². The second-order valence-electron chi connectivity index (χ2n) is 7.90. The van der Waals surface area contributed by atoms with Gasteiger partial charge in [-0.3, -0.25) is 4.99 Å². The number of ether oxygens (including phenoxy) is 2. The van der Waals surface area contributed by atoms with E-state index in [1.54, 1.807) is 7.05 Å². The van der Waals surface area contributed by atoms with E-state index < -0.39 is 0 Å². The van der Waals surface area contributed by atoms with E-state index in [1.165, 1.54) is 27.6 Å². The predicted octanol–water partition coefficient (Wildman–Crippen LogP) is 3.77. The zero-order valence-electron chi connectivity index (χ0n) is 18.2. The van der Waals surface area contributed by atoms with Crippen LogP contribution in [-0.4, -0.2) is 43.9 Å². The van der Waals surface area contributed by atoms with Crippen LogP contribution in [0.3, 0.4) is 0 Å². The number of nitrogens with one attached hydrogen (secondary N) is 3. The molecule has 0 aliphatic carbocycles. The highest BCUT2D eigenvalue weighted by Crippen LogP contribution is 2.17. The number of hydrogen-bond acceptors (Lipinski definition) is 3. The summed E-state index contributed by atoms with van der Waals surface area (Å²) in [5.41, 5.74) is 4.92. The van der Waals surface area contributed by atoms with Gasteiger partial charge in [0.15, 0.2) is 5.96 Å². The average Bonchev–Trinajstić information content (AvgIpc) is 3.24. The minimum atomic E-state index is 0.328. The number of fused-ring (bicyclic) bond motifs is 1. The molecule has 3 aromatic rings. The van der Waals surface area contributed by atoms with Crippen molar-refractivity contribution in [2.75, 3.05) is 26.8 Å². The second-order valence-corrected chi connectivity index (χ2v) is 7.90. The zero-order chi connectivity index (χ0) is 21.3. The minimum absolute atomic E-state index is 0.328. The van der Waals surface area contributed by atoms with Crippen LogP contribution >= 0.6 is 0 Å². The topological polar surface area (TPSA) is 70.7 Å². The molecule has 2 heterocycles. The van der Waals surface area contributed by atoms with Gasteiger partial charge in [-0.1, -0.05) is 42.5 Å².